The second-order valence-electron chi connectivity index (χ2n) is 4.48. The van der Waals surface area contributed by atoms with Crippen LogP contribution in [0.2, 0.25) is 0 Å². The summed E-state index contributed by atoms with van der Waals surface area (Å²) in [6, 6.07) is 0.352. The maximum atomic E-state index is 11.6. The predicted molar refractivity (Wildman–Crippen MR) is 66.4 cm³/mol. The summed E-state index contributed by atoms with van der Waals surface area (Å²) in [5.74, 6) is 0.136. The number of hydrogen-bond donors (Lipinski definition) is 2. The fraction of sp³-hybridized carbons (Fsp3) is 0.917. The normalized spacial score (nSPS) is 22.0. The van der Waals surface area contributed by atoms with Crippen molar-refractivity contribution >= 4 is 5.91 Å². The maximum absolute atomic E-state index is 11.6. The van der Waals surface area contributed by atoms with Gasteiger partial charge in [0.1, 0.15) is 0 Å². The third-order valence-corrected chi connectivity index (χ3v) is 3.03. The average molecular weight is 227 g/mol. The Labute approximate surface area is 98.8 Å². The Morgan fingerprint density at radius 3 is 2.94 bits per heavy atom. The summed E-state index contributed by atoms with van der Waals surface area (Å²) in [6.07, 6.45) is 3.39. The van der Waals surface area contributed by atoms with E-state index in [1.165, 1.54) is 13.0 Å². The zero-order valence-electron chi connectivity index (χ0n) is 10.6. The molecule has 94 valence electrons. The summed E-state index contributed by atoms with van der Waals surface area (Å²) in [5.41, 5.74) is 0. The van der Waals surface area contributed by atoms with Crippen LogP contribution in [0.1, 0.15) is 33.1 Å². The first-order chi connectivity index (χ1) is 7.76. The van der Waals surface area contributed by atoms with Crippen LogP contribution < -0.4 is 10.6 Å². The zero-order chi connectivity index (χ0) is 11.8. The highest BCUT2D eigenvalue weighted by atomic mass is 16.2. The van der Waals surface area contributed by atoms with E-state index >= 15 is 0 Å². The van der Waals surface area contributed by atoms with E-state index in [2.05, 4.69) is 29.4 Å². The van der Waals surface area contributed by atoms with Crippen LogP contribution >= 0.6 is 0 Å². The molecular formula is C12H25N3O. The van der Waals surface area contributed by atoms with E-state index in [9.17, 15) is 4.79 Å². The smallest absolute Gasteiger partial charge is 0.234 e. The van der Waals surface area contributed by atoms with Crippen LogP contribution in [-0.2, 0) is 4.79 Å². The molecular weight excluding hydrogens is 202 g/mol. The molecule has 1 unspecified atom stereocenters. The quantitative estimate of drug-likeness (QED) is 0.653. The number of carbonyl (C=O) groups excluding carboxylic acids is 1. The van der Waals surface area contributed by atoms with Gasteiger partial charge in [-0.3, -0.25) is 4.79 Å². The number of likely N-dealkylation sites (N-methyl/N-ethyl adjacent to an activating group) is 1. The molecule has 1 amide bonds. The van der Waals surface area contributed by atoms with E-state index in [-0.39, 0.29) is 5.91 Å². The van der Waals surface area contributed by atoms with Gasteiger partial charge < -0.3 is 15.5 Å². The van der Waals surface area contributed by atoms with Gasteiger partial charge in [-0.05, 0) is 38.9 Å². The van der Waals surface area contributed by atoms with Gasteiger partial charge in [0, 0.05) is 12.6 Å². The van der Waals surface area contributed by atoms with E-state index in [1.54, 1.807) is 0 Å². The van der Waals surface area contributed by atoms with E-state index in [0.29, 0.717) is 12.6 Å². The fourth-order valence-corrected chi connectivity index (χ4v) is 2.12. The van der Waals surface area contributed by atoms with E-state index in [1.807, 2.05) is 0 Å². The largest absolute Gasteiger partial charge is 0.351 e. The van der Waals surface area contributed by atoms with Gasteiger partial charge in [-0.15, -0.1) is 0 Å². The lowest BCUT2D eigenvalue weighted by Crippen LogP contribution is -2.49. The molecule has 1 heterocycles. The molecule has 2 N–H and O–H groups in total. The number of nitrogens with one attached hydrogen (secondary N) is 2. The first-order valence-electron chi connectivity index (χ1n) is 6.48. The van der Waals surface area contributed by atoms with Gasteiger partial charge in [0.25, 0.3) is 0 Å². The highest BCUT2D eigenvalue weighted by molar-refractivity contribution is 5.78. The molecule has 4 nitrogen and oxygen atoms in total. The molecule has 4 heteroatoms. The number of piperidine rings is 1. The first-order valence-corrected chi connectivity index (χ1v) is 6.48. The summed E-state index contributed by atoms with van der Waals surface area (Å²) in [7, 11) is 0. The van der Waals surface area contributed by atoms with Crippen molar-refractivity contribution in [1.82, 2.24) is 15.5 Å². The summed E-state index contributed by atoms with van der Waals surface area (Å²) < 4.78 is 0. The second-order valence-corrected chi connectivity index (χ2v) is 4.48. The number of amides is 1. The van der Waals surface area contributed by atoms with Crippen molar-refractivity contribution in [2.75, 3.05) is 32.7 Å². The second kappa shape index (κ2) is 7.63. The Balaban J connectivity index is 2.17. The third-order valence-electron chi connectivity index (χ3n) is 3.03. The number of hydrogen-bond acceptors (Lipinski definition) is 3. The molecule has 16 heavy (non-hydrogen) atoms. The standard InChI is InChI=1S/C12H25N3O/c1-3-7-13-9-12(16)14-11-6-5-8-15(4-2)10-11/h11,13H,3-10H2,1-2H3,(H,14,16). The summed E-state index contributed by atoms with van der Waals surface area (Å²) in [6.45, 7) is 8.92. The van der Waals surface area contributed by atoms with Crippen LogP contribution in [0.4, 0.5) is 0 Å². The maximum Gasteiger partial charge on any atom is 0.234 e. The summed E-state index contributed by atoms with van der Waals surface area (Å²) in [4.78, 5) is 14.0. The monoisotopic (exact) mass is 227 g/mol. The predicted octanol–water partition coefficient (Wildman–Crippen LogP) is 0.587. The molecule has 0 saturated carbocycles. The van der Waals surface area contributed by atoms with Gasteiger partial charge >= 0.3 is 0 Å². The molecule has 0 aliphatic carbocycles. The molecule has 1 atom stereocenters. The van der Waals surface area contributed by atoms with Gasteiger partial charge in [0.05, 0.1) is 6.54 Å². The van der Waals surface area contributed by atoms with Gasteiger partial charge in [0.2, 0.25) is 5.91 Å². The van der Waals surface area contributed by atoms with Crippen molar-refractivity contribution in [2.24, 2.45) is 0 Å². The highest BCUT2D eigenvalue weighted by Gasteiger charge is 2.19. The number of likely N-dealkylation sites (tertiary alicyclic amines) is 1. The molecule has 0 radical (unpaired) electrons. The van der Waals surface area contributed by atoms with Crippen LogP contribution in [0.15, 0.2) is 0 Å². The Morgan fingerprint density at radius 1 is 1.44 bits per heavy atom. The molecule has 1 aliphatic rings. The van der Waals surface area contributed by atoms with Gasteiger partial charge in [-0.25, -0.2) is 0 Å². The average Bonchev–Trinajstić information content (AvgIpc) is 2.29. The van der Waals surface area contributed by atoms with Gasteiger partial charge in [0.15, 0.2) is 0 Å². The Bertz CT molecular complexity index is 208. The lowest BCUT2D eigenvalue weighted by atomic mass is 10.1. The topological polar surface area (TPSA) is 44.4 Å². The molecule has 0 bridgehead atoms. The third kappa shape index (κ3) is 4.94. The van der Waals surface area contributed by atoms with E-state index in [4.69, 9.17) is 0 Å². The summed E-state index contributed by atoms with van der Waals surface area (Å²) in [5, 5.41) is 6.22. The molecule has 1 saturated heterocycles. The Morgan fingerprint density at radius 2 is 2.25 bits per heavy atom. The van der Waals surface area contributed by atoms with Gasteiger partial charge in [-0.1, -0.05) is 13.8 Å². The molecule has 0 spiro atoms. The van der Waals surface area contributed by atoms with Crippen LogP contribution in [0.25, 0.3) is 0 Å². The lowest BCUT2D eigenvalue weighted by Gasteiger charge is -2.32. The van der Waals surface area contributed by atoms with E-state index in [0.717, 1.165) is 32.5 Å². The highest BCUT2D eigenvalue weighted by Crippen LogP contribution is 2.09. The lowest BCUT2D eigenvalue weighted by molar-refractivity contribution is -0.121. The van der Waals surface area contributed by atoms with Crippen molar-refractivity contribution in [3.05, 3.63) is 0 Å². The molecule has 1 fully saturated rings. The van der Waals surface area contributed by atoms with Crippen LogP contribution in [0, 0.1) is 0 Å². The number of rotatable bonds is 6. The Hall–Kier alpha value is -0.610. The van der Waals surface area contributed by atoms with Crippen molar-refractivity contribution in [2.45, 2.75) is 39.2 Å². The van der Waals surface area contributed by atoms with Gasteiger partial charge in [-0.2, -0.15) is 0 Å². The first kappa shape index (κ1) is 13.5. The molecule has 0 aromatic rings. The van der Waals surface area contributed by atoms with E-state index < -0.39 is 0 Å². The van der Waals surface area contributed by atoms with Crippen molar-refractivity contribution in [3.8, 4) is 0 Å². The minimum atomic E-state index is 0.136. The molecule has 1 aliphatic heterocycles. The number of carbonyl (C=O) groups is 1. The number of nitrogens with zero attached hydrogens (tertiary/aromatic N) is 1. The molecule has 0 aromatic heterocycles. The fourth-order valence-electron chi connectivity index (χ4n) is 2.12. The van der Waals surface area contributed by atoms with Crippen molar-refractivity contribution < 1.29 is 4.79 Å². The molecule has 0 aromatic carbocycles. The zero-order valence-corrected chi connectivity index (χ0v) is 10.6. The molecule has 1 rings (SSSR count). The summed E-state index contributed by atoms with van der Waals surface area (Å²) >= 11 is 0. The van der Waals surface area contributed by atoms with Crippen LogP contribution in [0.5, 0.6) is 0 Å². The van der Waals surface area contributed by atoms with Crippen molar-refractivity contribution in [3.63, 3.8) is 0 Å². The Kier molecular flexibility index (Phi) is 6.42. The SMILES string of the molecule is CCCNCC(=O)NC1CCCN(CC)C1. The minimum absolute atomic E-state index is 0.136. The minimum Gasteiger partial charge on any atom is -0.351 e. The van der Waals surface area contributed by atoms with Crippen molar-refractivity contribution in [1.29, 1.82) is 0 Å². The van der Waals surface area contributed by atoms with Crippen LogP contribution in [-0.4, -0.2) is 49.6 Å². The van der Waals surface area contributed by atoms with Crippen LogP contribution in [0.3, 0.4) is 0 Å².